The number of nitrogens with zero attached hydrogens (tertiary/aromatic N) is 2. The number of piperidine rings is 1. The summed E-state index contributed by atoms with van der Waals surface area (Å²) in [5, 5.41) is 5.71. The Hall–Kier alpha value is -2.59. The number of para-hydroxylation sites is 2. The Labute approximate surface area is 170 Å². The zero-order chi connectivity index (χ0) is 21.0. The van der Waals surface area contributed by atoms with E-state index in [-0.39, 0.29) is 23.5 Å². The summed E-state index contributed by atoms with van der Waals surface area (Å²) in [4.78, 5) is 27.2. The Kier molecular flexibility index (Phi) is 6.43. The van der Waals surface area contributed by atoms with E-state index in [1.807, 2.05) is 6.92 Å². The number of aromatic amines is 1. The lowest BCUT2D eigenvalue weighted by Crippen LogP contribution is -2.48. The van der Waals surface area contributed by atoms with Crippen LogP contribution in [0.2, 0.25) is 0 Å². The summed E-state index contributed by atoms with van der Waals surface area (Å²) in [6.45, 7) is 4.45. The highest BCUT2D eigenvalue weighted by molar-refractivity contribution is 7.89. The second-order valence-electron chi connectivity index (χ2n) is 7.18. The second kappa shape index (κ2) is 8.83. The van der Waals surface area contributed by atoms with Gasteiger partial charge in [-0.05, 0) is 38.3 Å². The number of H-pyrrole nitrogens is 1. The Morgan fingerprint density at radius 1 is 1.24 bits per heavy atom. The van der Waals surface area contributed by atoms with Gasteiger partial charge in [0.15, 0.2) is 0 Å². The van der Waals surface area contributed by atoms with Gasteiger partial charge in [-0.2, -0.15) is 0 Å². The number of carbonyl (C=O) groups excluding carboxylic acids is 1. The maximum atomic E-state index is 12.5. The molecule has 1 saturated heterocycles. The van der Waals surface area contributed by atoms with Crippen molar-refractivity contribution in [3.05, 3.63) is 46.6 Å². The normalized spacial score (nSPS) is 15.9. The summed E-state index contributed by atoms with van der Waals surface area (Å²) in [7, 11) is -3.20. The summed E-state index contributed by atoms with van der Waals surface area (Å²) in [5.74, 6) is 0.153. The largest absolute Gasteiger partial charge is 0.335 e. The van der Waals surface area contributed by atoms with Gasteiger partial charge in [-0.1, -0.05) is 19.1 Å². The van der Waals surface area contributed by atoms with Crippen molar-refractivity contribution in [2.75, 3.05) is 24.2 Å². The zero-order valence-electron chi connectivity index (χ0n) is 16.6. The fourth-order valence-corrected chi connectivity index (χ4v) is 5.08. The quantitative estimate of drug-likeness (QED) is 0.659. The van der Waals surface area contributed by atoms with Crippen LogP contribution in [-0.2, 0) is 10.0 Å². The standard InChI is InChI=1S/C19H27N5O4S/c1-3-12-29(27,28)23-10-8-15(9-11-23)21-18(25)22-16-6-4-5-7-17(16)24-14(2)13-20-19(24)26/h4-7,13,15H,3,8-12H2,1-2H3,(H,20,26)(H2,21,22,25). The molecule has 1 aliphatic heterocycles. The molecule has 3 N–H and O–H groups in total. The number of imidazole rings is 1. The van der Waals surface area contributed by atoms with Gasteiger partial charge in [-0.3, -0.25) is 4.57 Å². The van der Waals surface area contributed by atoms with Gasteiger partial charge in [0.25, 0.3) is 0 Å². The van der Waals surface area contributed by atoms with Gasteiger partial charge < -0.3 is 15.6 Å². The minimum Gasteiger partial charge on any atom is -0.335 e. The Balaban J connectivity index is 1.63. The monoisotopic (exact) mass is 421 g/mol. The number of amides is 2. The van der Waals surface area contributed by atoms with Crippen molar-refractivity contribution in [1.82, 2.24) is 19.2 Å². The molecule has 0 bridgehead atoms. The predicted molar refractivity (Wildman–Crippen MR) is 112 cm³/mol. The molecule has 1 aliphatic rings. The van der Waals surface area contributed by atoms with Crippen LogP contribution in [-0.4, -0.2) is 53.2 Å². The molecular formula is C19H27N5O4S. The first-order chi connectivity index (χ1) is 13.8. The summed E-state index contributed by atoms with van der Waals surface area (Å²) in [6.07, 6.45) is 3.33. The van der Waals surface area contributed by atoms with E-state index in [0.29, 0.717) is 43.7 Å². The molecule has 1 aromatic carbocycles. The highest BCUT2D eigenvalue weighted by Gasteiger charge is 2.28. The zero-order valence-corrected chi connectivity index (χ0v) is 17.5. The number of aryl methyl sites for hydroxylation is 1. The van der Waals surface area contributed by atoms with Crippen LogP contribution < -0.4 is 16.3 Å². The van der Waals surface area contributed by atoms with E-state index in [2.05, 4.69) is 15.6 Å². The average Bonchev–Trinajstić information content (AvgIpc) is 3.01. The third kappa shape index (κ3) is 4.88. The number of hydrogen-bond donors (Lipinski definition) is 3. The molecule has 29 heavy (non-hydrogen) atoms. The molecule has 0 saturated carbocycles. The number of rotatable bonds is 6. The molecule has 2 heterocycles. The fourth-order valence-electron chi connectivity index (χ4n) is 3.54. The van der Waals surface area contributed by atoms with Crippen LogP contribution in [0.15, 0.2) is 35.3 Å². The summed E-state index contributed by atoms with van der Waals surface area (Å²) in [5.41, 5.74) is 1.53. The van der Waals surface area contributed by atoms with E-state index in [0.717, 1.165) is 5.69 Å². The van der Waals surface area contributed by atoms with E-state index < -0.39 is 10.0 Å². The first-order valence-corrected chi connectivity index (χ1v) is 11.3. The molecule has 0 spiro atoms. The molecule has 3 rings (SSSR count). The lowest BCUT2D eigenvalue weighted by atomic mass is 10.1. The van der Waals surface area contributed by atoms with Gasteiger partial charge in [0.2, 0.25) is 10.0 Å². The van der Waals surface area contributed by atoms with Gasteiger partial charge in [0.05, 0.1) is 17.1 Å². The molecule has 2 aromatic rings. The molecule has 1 aromatic heterocycles. The van der Waals surface area contributed by atoms with E-state index in [1.165, 1.54) is 8.87 Å². The lowest BCUT2D eigenvalue weighted by Gasteiger charge is -2.31. The van der Waals surface area contributed by atoms with Crippen LogP contribution in [0.4, 0.5) is 10.5 Å². The number of benzene rings is 1. The topological polar surface area (TPSA) is 116 Å². The molecular weight excluding hydrogens is 394 g/mol. The molecule has 0 atom stereocenters. The summed E-state index contributed by atoms with van der Waals surface area (Å²) in [6, 6.07) is 6.58. The molecule has 1 fully saturated rings. The van der Waals surface area contributed by atoms with Gasteiger partial charge in [0, 0.05) is 31.0 Å². The van der Waals surface area contributed by atoms with E-state index in [9.17, 15) is 18.0 Å². The van der Waals surface area contributed by atoms with Gasteiger partial charge in [0.1, 0.15) is 0 Å². The number of hydrogen-bond acceptors (Lipinski definition) is 4. The van der Waals surface area contributed by atoms with Crippen molar-refractivity contribution in [3.8, 4) is 5.69 Å². The molecule has 9 nitrogen and oxygen atoms in total. The van der Waals surface area contributed by atoms with Crippen molar-refractivity contribution in [3.63, 3.8) is 0 Å². The Morgan fingerprint density at radius 2 is 1.93 bits per heavy atom. The summed E-state index contributed by atoms with van der Waals surface area (Å²) < 4.78 is 27.3. The third-order valence-electron chi connectivity index (χ3n) is 5.00. The smallest absolute Gasteiger partial charge is 0.330 e. The highest BCUT2D eigenvalue weighted by Crippen LogP contribution is 2.20. The van der Waals surface area contributed by atoms with Gasteiger partial charge >= 0.3 is 11.7 Å². The van der Waals surface area contributed by atoms with Gasteiger partial charge in [-0.15, -0.1) is 0 Å². The van der Waals surface area contributed by atoms with E-state index in [1.54, 1.807) is 37.4 Å². The van der Waals surface area contributed by atoms with Crippen molar-refractivity contribution in [1.29, 1.82) is 0 Å². The van der Waals surface area contributed by atoms with Crippen molar-refractivity contribution in [2.24, 2.45) is 0 Å². The van der Waals surface area contributed by atoms with E-state index >= 15 is 0 Å². The number of aromatic nitrogens is 2. The third-order valence-corrected chi connectivity index (χ3v) is 7.07. The Bertz CT molecular complexity index is 1020. The molecule has 2 amide bonds. The number of anilines is 1. The van der Waals surface area contributed by atoms with Crippen LogP contribution in [0.25, 0.3) is 5.69 Å². The number of carbonyl (C=O) groups is 1. The van der Waals surface area contributed by atoms with Crippen LogP contribution >= 0.6 is 0 Å². The highest BCUT2D eigenvalue weighted by atomic mass is 32.2. The van der Waals surface area contributed by atoms with Crippen LogP contribution in [0.1, 0.15) is 31.9 Å². The van der Waals surface area contributed by atoms with Crippen molar-refractivity contribution < 1.29 is 13.2 Å². The number of sulfonamides is 1. The molecule has 10 heteroatoms. The number of nitrogens with one attached hydrogen (secondary N) is 3. The Morgan fingerprint density at radius 3 is 2.55 bits per heavy atom. The van der Waals surface area contributed by atoms with Crippen molar-refractivity contribution in [2.45, 2.75) is 39.2 Å². The SMILES string of the molecule is CCCS(=O)(=O)N1CCC(NC(=O)Nc2ccccc2-n2c(C)c[nH]c2=O)CC1. The summed E-state index contributed by atoms with van der Waals surface area (Å²) >= 11 is 0. The van der Waals surface area contributed by atoms with Crippen LogP contribution in [0.3, 0.4) is 0 Å². The first-order valence-electron chi connectivity index (χ1n) is 9.73. The fraction of sp³-hybridized carbons (Fsp3) is 0.474. The second-order valence-corrected chi connectivity index (χ2v) is 9.26. The van der Waals surface area contributed by atoms with E-state index in [4.69, 9.17) is 0 Å². The number of urea groups is 1. The molecule has 158 valence electrons. The molecule has 0 unspecified atom stereocenters. The first kappa shape index (κ1) is 21.1. The maximum absolute atomic E-state index is 12.5. The van der Waals surface area contributed by atoms with Gasteiger partial charge in [-0.25, -0.2) is 22.3 Å². The van der Waals surface area contributed by atoms with Crippen LogP contribution in [0, 0.1) is 6.92 Å². The van der Waals surface area contributed by atoms with Crippen molar-refractivity contribution >= 4 is 21.7 Å². The maximum Gasteiger partial charge on any atom is 0.330 e. The van der Waals surface area contributed by atoms with Crippen LogP contribution in [0.5, 0.6) is 0 Å². The minimum absolute atomic E-state index is 0.105. The molecule has 0 radical (unpaired) electrons. The predicted octanol–water partition coefficient (Wildman–Crippen LogP) is 1.80. The molecule has 0 aliphatic carbocycles. The minimum atomic E-state index is -3.20. The average molecular weight is 422 g/mol. The lowest BCUT2D eigenvalue weighted by molar-refractivity contribution is 0.238.